The van der Waals surface area contributed by atoms with Gasteiger partial charge in [0.05, 0.1) is 17.6 Å². The van der Waals surface area contributed by atoms with E-state index in [0.717, 1.165) is 12.1 Å². The van der Waals surface area contributed by atoms with Gasteiger partial charge >= 0.3 is 0 Å². The molecule has 3 heteroatoms. The quantitative estimate of drug-likeness (QED) is 0.869. The highest BCUT2D eigenvalue weighted by Crippen LogP contribution is 2.26. The van der Waals surface area contributed by atoms with E-state index in [0.29, 0.717) is 6.04 Å². The zero-order chi connectivity index (χ0) is 12.3. The van der Waals surface area contributed by atoms with Crippen LogP contribution < -0.4 is 10.6 Å². The van der Waals surface area contributed by atoms with Crippen molar-refractivity contribution in [3.05, 3.63) is 24.0 Å². The van der Waals surface area contributed by atoms with E-state index in [9.17, 15) is 0 Å². The molecule has 1 heterocycles. The van der Waals surface area contributed by atoms with Gasteiger partial charge in [-0.2, -0.15) is 0 Å². The monoisotopic (exact) mass is 233 g/mol. The normalized spacial score (nSPS) is 18.3. The fourth-order valence-electron chi connectivity index (χ4n) is 2.54. The Morgan fingerprint density at radius 3 is 2.65 bits per heavy atom. The van der Waals surface area contributed by atoms with Crippen LogP contribution in [0.25, 0.3) is 0 Å². The van der Waals surface area contributed by atoms with E-state index in [1.165, 1.54) is 31.4 Å². The summed E-state index contributed by atoms with van der Waals surface area (Å²) in [6, 6.07) is 4.98. The first kappa shape index (κ1) is 12.4. The molecule has 2 rings (SSSR count). The van der Waals surface area contributed by atoms with Gasteiger partial charge < -0.3 is 10.6 Å². The lowest BCUT2D eigenvalue weighted by molar-refractivity contribution is 0.648. The van der Waals surface area contributed by atoms with E-state index < -0.39 is 0 Å². The molecule has 0 bridgehead atoms. The van der Waals surface area contributed by atoms with Gasteiger partial charge in [-0.15, -0.1) is 0 Å². The van der Waals surface area contributed by atoms with Crippen molar-refractivity contribution in [2.75, 3.05) is 11.9 Å². The molecule has 1 aromatic rings. The van der Waals surface area contributed by atoms with Gasteiger partial charge in [0.25, 0.3) is 0 Å². The number of nitrogens with two attached hydrogens (primary N) is 1. The Balaban J connectivity index is 2.06. The summed E-state index contributed by atoms with van der Waals surface area (Å²) in [5.74, 6) is 0. The lowest BCUT2D eigenvalue weighted by Gasteiger charge is -2.26. The molecule has 1 atom stereocenters. The van der Waals surface area contributed by atoms with Crippen molar-refractivity contribution >= 4 is 5.69 Å². The number of nitrogens with zero attached hydrogens (tertiary/aromatic N) is 2. The molecule has 1 aromatic heterocycles. The number of hydrogen-bond acceptors (Lipinski definition) is 3. The van der Waals surface area contributed by atoms with Crippen LogP contribution in [0.15, 0.2) is 18.3 Å². The van der Waals surface area contributed by atoms with Crippen LogP contribution in [0.4, 0.5) is 5.69 Å². The molecule has 1 fully saturated rings. The standard InChI is InChI=1S/C14H23N3/c1-3-13(15)14-9-8-12(10-16-14)17(2)11-6-4-5-7-11/h8-11,13H,3-7,15H2,1-2H3/t13-/m1/s1. The van der Waals surface area contributed by atoms with E-state index in [4.69, 9.17) is 5.73 Å². The molecule has 1 aliphatic rings. The minimum atomic E-state index is 0.0702. The molecule has 0 saturated heterocycles. The molecule has 94 valence electrons. The van der Waals surface area contributed by atoms with Crippen molar-refractivity contribution in [3.8, 4) is 0 Å². The summed E-state index contributed by atoms with van der Waals surface area (Å²) < 4.78 is 0. The molecule has 0 unspecified atom stereocenters. The first-order valence-corrected chi connectivity index (χ1v) is 6.66. The molecular formula is C14H23N3. The molecule has 0 radical (unpaired) electrons. The van der Waals surface area contributed by atoms with Crippen molar-refractivity contribution in [1.82, 2.24) is 4.98 Å². The second-order valence-corrected chi connectivity index (χ2v) is 5.01. The van der Waals surface area contributed by atoms with Crippen LogP contribution in [0.3, 0.4) is 0 Å². The van der Waals surface area contributed by atoms with Gasteiger partial charge in [0.15, 0.2) is 0 Å². The lowest BCUT2D eigenvalue weighted by Crippen LogP contribution is -2.28. The van der Waals surface area contributed by atoms with Crippen LogP contribution >= 0.6 is 0 Å². The zero-order valence-electron chi connectivity index (χ0n) is 10.9. The summed E-state index contributed by atoms with van der Waals surface area (Å²) in [5, 5.41) is 0. The van der Waals surface area contributed by atoms with Crippen LogP contribution in [0.1, 0.15) is 50.8 Å². The van der Waals surface area contributed by atoms with Gasteiger partial charge in [-0.1, -0.05) is 19.8 Å². The van der Waals surface area contributed by atoms with Crippen molar-refractivity contribution in [1.29, 1.82) is 0 Å². The first-order valence-electron chi connectivity index (χ1n) is 6.66. The second-order valence-electron chi connectivity index (χ2n) is 5.01. The SMILES string of the molecule is CC[C@@H](N)c1ccc(N(C)C2CCCC2)cn1. The Hall–Kier alpha value is -1.09. The fourth-order valence-corrected chi connectivity index (χ4v) is 2.54. The summed E-state index contributed by atoms with van der Waals surface area (Å²) in [4.78, 5) is 6.84. The van der Waals surface area contributed by atoms with Crippen molar-refractivity contribution in [3.63, 3.8) is 0 Å². The van der Waals surface area contributed by atoms with Crippen LogP contribution in [0, 0.1) is 0 Å². The maximum Gasteiger partial charge on any atom is 0.0572 e. The highest BCUT2D eigenvalue weighted by atomic mass is 15.1. The van der Waals surface area contributed by atoms with Crippen LogP contribution in [-0.2, 0) is 0 Å². The van der Waals surface area contributed by atoms with E-state index >= 15 is 0 Å². The number of aromatic nitrogens is 1. The molecule has 0 amide bonds. The highest BCUT2D eigenvalue weighted by molar-refractivity contribution is 5.45. The second kappa shape index (κ2) is 5.50. The topological polar surface area (TPSA) is 42.1 Å². The summed E-state index contributed by atoms with van der Waals surface area (Å²) in [7, 11) is 2.17. The highest BCUT2D eigenvalue weighted by Gasteiger charge is 2.20. The maximum atomic E-state index is 5.97. The Bertz CT molecular complexity index is 341. The molecule has 0 aliphatic heterocycles. The Labute approximate surface area is 104 Å². The summed E-state index contributed by atoms with van der Waals surface area (Å²) in [5.41, 5.74) is 8.17. The van der Waals surface area contributed by atoms with Crippen molar-refractivity contribution in [2.24, 2.45) is 5.73 Å². The third-order valence-corrected chi connectivity index (χ3v) is 3.87. The van der Waals surface area contributed by atoms with Crippen LogP contribution in [0.2, 0.25) is 0 Å². The van der Waals surface area contributed by atoms with E-state index in [1.807, 2.05) is 6.20 Å². The molecule has 1 aliphatic carbocycles. The molecule has 17 heavy (non-hydrogen) atoms. The summed E-state index contributed by atoms with van der Waals surface area (Å²) in [6.45, 7) is 2.09. The Morgan fingerprint density at radius 1 is 1.41 bits per heavy atom. The number of pyridine rings is 1. The zero-order valence-corrected chi connectivity index (χ0v) is 10.9. The van der Waals surface area contributed by atoms with Crippen molar-refractivity contribution < 1.29 is 0 Å². The molecular weight excluding hydrogens is 210 g/mol. The predicted octanol–water partition coefficient (Wildman–Crippen LogP) is 2.87. The number of rotatable bonds is 4. The van der Waals surface area contributed by atoms with E-state index in [2.05, 4.69) is 36.0 Å². The van der Waals surface area contributed by atoms with E-state index in [-0.39, 0.29) is 6.04 Å². The van der Waals surface area contributed by atoms with Crippen LogP contribution in [0.5, 0.6) is 0 Å². The largest absolute Gasteiger partial charge is 0.370 e. The van der Waals surface area contributed by atoms with Gasteiger partial charge in [0, 0.05) is 19.1 Å². The van der Waals surface area contributed by atoms with Gasteiger partial charge in [0.1, 0.15) is 0 Å². The Kier molecular flexibility index (Phi) is 4.00. The fraction of sp³-hybridized carbons (Fsp3) is 0.643. The van der Waals surface area contributed by atoms with Gasteiger partial charge in [-0.3, -0.25) is 4.98 Å². The Morgan fingerprint density at radius 2 is 2.12 bits per heavy atom. The first-order chi connectivity index (χ1) is 8.22. The third-order valence-electron chi connectivity index (χ3n) is 3.87. The third kappa shape index (κ3) is 2.78. The van der Waals surface area contributed by atoms with Crippen LogP contribution in [-0.4, -0.2) is 18.1 Å². The predicted molar refractivity (Wildman–Crippen MR) is 72.1 cm³/mol. The van der Waals surface area contributed by atoms with Gasteiger partial charge in [0.2, 0.25) is 0 Å². The van der Waals surface area contributed by atoms with Crippen molar-refractivity contribution in [2.45, 2.75) is 51.1 Å². The van der Waals surface area contributed by atoms with Gasteiger partial charge in [-0.05, 0) is 31.4 Å². The number of anilines is 1. The summed E-state index contributed by atoms with van der Waals surface area (Å²) >= 11 is 0. The average molecular weight is 233 g/mol. The molecule has 2 N–H and O–H groups in total. The molecule has 0 aromatic carbocycles. The minimum absolute atomic E-state index is 0.0702. The summed E-state index contributed by atoms with van der Waals surface area (Å²) in [6.07, 6.45) is 8.25. The average Bonchev–Trinajstić information content (AvgIpc) is 2.91. The minimum Gasteiger partial charge on any atom is -0.370 e. The van der Waals surface area contributed by atoms with Gasteiger partial charge in [-0.25, -0.2) is 0 Å². The molecule has 0 spiro atoms. The lowest BCUT2D eigenvalue weighted by atomic mass is 10.1. The maximum absolute atomic E-state index is 5.97. The molecule has 3 nitrogen and oxygen atoms in total. The number of hydrogen-bond donors (Lipinski definition) is 1. The molecule has 1 saturated carbocycles. The van der Waals surface area contributed by atoms with E-state index in [1.54, 1.807) is 0 Å². The smallest absolute Gasteiger partial charge is 0.0572 e.